The molecule has 5 nitrogen and oxygen atoms in total. The van der Waals surface area contributed by atoms with Crippen LogP contribution in [0.25, 0.3) is 6.08 Å². The van der Waals surface area contributed by atoms with E-state index in [1.54, 1.807) is 24.3 Å². The molecule has 98 valence electrons. The first-order valence-electron chi connectivity index (χ1n) is 5.18. The molecule has 0 amide bonds. The van der Waals surface area contributed by atoms with E-state index in [-0.39, 0.29) is 12.4 Å². The second kappa shape index (κ2) is 6.20. The van der Waals surface area contributed by atoms with E-state index in [9.17, 15) is 13.2 Å². The largest absolute Gasteiger partial charge is 0.493 e. The fourth-order valence-corrected chi connectivity index (χ4v) is 1.57. The maximum absolute atomic E-state index is 10.9. The lowest BCUT2D eigenvalue weighted by molar-refractivity contribution is -0.131. The van der Waals surface area contributed by atoms with Crippen molar-refractivity contribution < 1.29 is 23.1 Å². The summed E-state index contributed by atoms with van der Waals surface area (Å²) in [7, 11) is -3.04. The van der Waals surface area contributed by atoms with Crippen LogP contribution >= 0.6 is 0 Å². The van der Waals surface area contributed by atoms with Crippen molar-refractivity contribution in [1.82, 2.24) is 0 Å². The van der Waals surface area contributed by atoms with Gasteiger partial charge in [0, 0.05) is 12.3 Å². The number of hydrogen-bond acceptors (Lipinski definition) is 4. The van der Waals surface area contributed by atoms with E-state index in [0.717, 1.165) is 12.3 Å². The van der Waals surface area contributed by atoms with Crippen LogP contribution < -0.4 is 4.74 Å². The summed E-state index contributed by atoms with van der Waals surface area (Å²) in [5, 5.41) is 8.49. The van der Waals surface area contributed by atoms with E-state index in [2.05, 4.69) is 0 Å². The molecule has 1 rings (SSSR count). The molecule has 0 radical (unpaired) electrons. The van der Waals surface area contributed by atoms with Gasteiger partial charge in [-0.05, 0) is 23.8 Å². The SMILES string of the molecule is CS(=O)(=O)CCOc1cccc(/C=C/C(=O)O)c1. The summed E-state index contributed by atoms with van der Waals surface area (Å²) < 4.78 is 27.1. The summed E-state index contributed by atoms with van der Waals surface area (Å²) in [5.41, 5.74) is 0.675. The predicted octanol–water partition coefficient (Wildman–Crippen LogP) is 1.21. The van der Waals surface area contributed by atoms with Crippen LogP contribution in [0.5, 0.6) is 5.75 Å². The van der Waals surface area contributed by atoms with Gasteiger partial charge < -0.3 is 9.84 Å². The molecule has 6 heteroatoms. The van der Waals surface area contributed by atoms with E-state index in [1.807, 2.05) is 0 Å². The lowest BCUT2D eigenvalue weighted by atomic mass is 10.2. The predicted molar refractivity (Wildman–Crippen MR) is 68.3 cm³/mol. The van der Waals surface area contributed by atoms with Crippen molar-refractivity contribution in [1.29, 1.82) is 0 Å². The van der Waals surface area contributed by atoms with Gasteiger partial charge in [-0.1, -0.05) is 12.1 Å². The average Bonchev–Trinajstić information content (AvgIpc) is 2.25. The second-order valence-corrected chi connectivity index (χ2v) is 5.98. The van der Waals surface area contributed by atoms with Gasteiger partial charge in [0.2, 0.25) is 0 Å². The highest BCUT2D eigenvalue weighted by Gasteiger charge is 2.02. The molecule has 0 spiro atoms. The Morgan fingerprint density at radius 2 is 2.17 bits per heavy atom. The summed E-state index contributed by atoms with van der Waals surface area (Å²) in [6.45, 7) is 0.0743. The number of rotatable bonds is 6. The van der Waals surface area contributed by atoms with Gasteiger partial charge in [-0.2, -0.15) is 0 Å². The van der Waals surface area contributed by atoms with E-state index in [4.69, 9.17) is 9.84 Å². The van der Waals surface area contributed by atoms with Crippen LogP contribution in [0, 0.1) is 0 Å². The molecule has 0 aliphatic rings. The Balaban J connectivity index is 2.62. The third kappa shape index (κ3) is 6.05. The Hall–Kier alpha value is -1.82. The maximum Gasteiger partial charge on any atom is 0.328 e. The molecule has 1 N–H and O–H groups in total. The Bertz CT molecular complexity index is 545. The fourth-order valence-electron chi connectivity index (χ4n) is 1.19. The number of sulfone groups is 1. The minimum absolute atomic E-state index is 0.0534. The van der Waals surface area contributed by atoms with Crippen molar-refractivity contribution in [2.45, 2.75) is 0 Å². The van der Waals surface area contributed by atoms with Crippen LogP contribution in [-0.2, 0) is 14.6 Å². The Morgan fingerprint density at radius 1 is 1.44 bits per heavy atom. The molecule has 0 aromatic heterocycles. The topological polar surface area (TPSA) is 80.7 Å². The molecule has 1 aromatic carbocycles. The highest BCUT2D eigenvalue weighted by Crippen LogP contribution is 2.14. The second-order valence-electron chi connectivity index (χ2n) is 3.72. The summed E-state index contributed by atoms with van der Waals surface area (Å²) in [4.78, 5) is 10.4. The van der Waals surface area contributed by atoms with Gasteiger partial charge in [0.1, 0.15) is 12.4 Å². The van der Waals surface area contributed by atoms with Crippen molar-refractivity contribution in [2.75, 3.05) is 18.6 Å². The van der Waals surface area contributed by atoms with Crippen LogP contribution in [0.4, 0.5) is 0 Å². The molecule has 0 bridgehead atoms. The lowest BCUT2D eigenvalue weighted by Crippen LogP contribution is -2.11. The van der Waals surface area contributed by atoms with Crippen molar-refractivity contribution in [3.05, 3.63) is 35.9 Å². The molecule has 0 fully saturated rings. The van der Waals surface area contributed by atoms with Crippen LogP contribution in [0.2, 0.25) is 0 Å². The van der Waals surface area contributed by atoms with Crippen LogP contribution in [0.3, 0.4) is 0 Å². The van der Waals surface area contributed by atoms with Gasteiger partial charge >= 0.3 is 5.97 Å². The standard InChI is InChI=1S/C12H14O5S/c1-18(15,16)8-7-17-11-4-2-3-10(9-11)5-6-12(13)14/h2-6,9H,7-8H2,1H3,(H,13,14)/b6-5+. The molecule has 18 heavy (non-hydrogen) atoms. The zero-order valence-electron chi connectivity index (χ0n) is 9.87. The third-order valence-electron chi connectivity index (χ3n) is 2.00. The molecule has 0 aliphatic heterocycles. The number of aliphatic carboxylic acids is 1. The van der Waals surface area contributed by atoms with Crippen molar-refractivity contribution >= 4 is 21.9 Å². The van der Waals surface area contributed by atoms with Crippen LogP contribution in [0.1, 0.15) is 5.56 Å². The molecule has 1 aromatic rings. The quantitative estimate of drug-likeness (QED) is 0.786. The average molecular weight is 270 g/mol. The Morgan fingerprint density at radius 3 is 2.78 bits per heavy atom. The third-order valence-corrected chi connectivity index (χ3v) is 2.91. The summed E-state index contributed by atoms with van der Waals surface area (Å²) in [6, 6.07) is 6.75. The van der Waals surface area contributed by atoms with Crippen LogP contribution in [0.15, 0.2) is 30.3 Å². The molecule has 0 heterocycles. The summed E-state index contributed by atoms with van der Waals surface area (Å²) >= 11 is 0. The molecule has 0 aliphatic carbocycles. The first-order chi connectivity index (χ1) is 8.37. The first kappa shape index (κ1) is 14.2. The Kier molecular flexibility index (Phi) is 4.91. The first-order valence-corrected chi connectivity index (χ1v) is 7.24. The van der Waals surface area contributed by atoms with E-state index < -0.39 is 15.8 Å². The number of carbonyl (C=O) groups is 1. The number of carboxylic acids is 1. The highest BCUT2D eigenvalue weighted by atomic mass is 32.2. The fraction of sp³-hybridized carbons (Fsp3) is 0.250. The molecule has 0 saturated carbocycles. The maximum atomic E-state index is 10.9. The number of hydrogen-bond donors (Lipinski definition) is 1. The number of benzene rings is 1. The molecular formula is C12H14O5S. The van der Waals surface area contributed by atoms with Gasteiger partial charge in [-0.25, -0.2) is 13.2 Å². The normalized spacial score (nSPS) is 11.6. The monoisotopic (exact) mass is 270 g/mol. The van der Waals surface area contributed by atoms with Crippen molar-refractivity contribution in [3.8, 4) is 5.75 Å². The molecule has 0 atom stereocenters. The minimum atomic E-state index is -3.04. The van der Waals surface area contributed by atoms with Gasteiger partial charge in [-0.15, -0.1) is 0 Å². The van der Waals surface area contributed by atoms with E-state index in [1.165, 1.54) is 6.08 Å². The van der Waals surface area contributed by atoms with Crippen LogP contribution in [-0.4, -0.2) is 38.1 Å². The van der Waals surface area contributed by atoms with Gasteiger partial charge in [0.25, 0.3) is 0 Å². The highest BCUT2D eigenvalue weighted by molar-refractivity contribution is 7.90. The van der Waals surface area contributed by atoms with Gasteiger partial charge in [0.05, 0.1) is 5.75 Å². The zero-order valence-corrected chi connectivity index (χ0v) is 10.7. The number of ether oxygens (including phenoxy) is 1. The number of carboxylic acid groups (broad SMARTS) is 1. The minimum Gasteiger partial charge on any atom is -0.493 e. The van der Waals surface area contributed by atoms with Gasteiger partial charge in [0.15, 0.2) is 9.84 Å². The molecule has 0 saturated heterocycles. The van der Waals surface area contributed by atoms with E-state index in [0.29, 0.717) is 11.3 Å². The van der Waals surface area contributed by atoms with Crippen molar-refractivity contribution in [2.24, 2.45) is 0 Å². The lowest BCUT2D eigenvalue weighted by Gasteiger charge is -2.05. The molecular weight excluding hydrogens is 256 g/mol. The summed E-state index contributed by atoms with van der Waals surface area (Å²) in [6.07, 6.45) is 3.60. The summed E-state index contributed by atoms with van der Waals surface area (Å²) in [5.74, 6) is -0.577. The Labute approximate surface area is 106 Å². The molecule has 0 unspecified atom stereocenters. The smallest absolute Gasteiger partial charge is 0.328 e. The van der Waals surface area contributed by atoms with Crippen molar-refractivity contribution in [3.63, 3.8) is 0 Å². The zero-order chi connectivity index (χ0) is 13.6. The van der Waals surface area contributed by atoms with E-state index >= 15 is 0 Å². The van der Waals surface area contributed by atoms with Gasteiger partial charge in [-0.3, -0.25) is 0 Å².